The molecule has 0 radical (unpaired) electrons. The zero-order chi connectivity index (χ0) is 24.0. The van der Waals surface area contributed by atoms with Crippen LogP contribution in [0.25, 0.3) is 10.9 Å². The van der Waals surface area contributed by atoms with Crippen LogP contribution < -0.4 is 16.2 Å². The molecule has 0 aliphatic rings. The van der Waals surface area contributed by atoms with Crippen molar-refractivity contribution >= 4 is 34.9 Å². The van der Waals surface area contributed by atoms with Gasteiger partial charge in [0.1, 0.15) is 5.82 Å². The van der Waals surface area contributed by atoms with Crippen LogP contribution in [-0.4, -0.2) is 48.2 Å². The van der Waals surface area contributed by atoms with Crippen molar-refractivity contribution in [3.05, 3.63) is 74.0 Å². The van der Waals surface area contributed by atoms with Crippen LogP contribution in [0, 0.1) is 17.5 Å². The number of H-pyrrole nitrogens is 1. The zero-order valence-electron chi connectivity index (χ0n) is 18.4. The number of aryl methyl sites for hydroxylation is 1. The van der Waals surface area contributed by atoms with E-state index in [1.54, 1.807) is 32.2 Å². The highest BCUT2D eigenvalue weighted by Gasteiger charge is 2.11. The molecule has 0 saturated heterocycles. The van der Waals surface area contributed by atoms with E-state index in [4.69, 9.17) is 17.0 Å². The molecule has 8 nitrogen and oxygen atoms in total. The van der Waals surface area contributed by atoms with Gasteiger partial charge in [0.25, 0.3) is 17.4 Å². The van der Waals surface area contributed by atoms with E-state index < -0.39 is 11.7 Å². The molecular weight excluding hydrogens is 447 g/mol. The lowest BCUT2D eigenvalue weighted by Crippen LogP contribution is -2.34. The van der Waals surface area contributed by atoms with Crippen LogP contribution in [0.15, 0.2) is 41.2 Å². The maximum absolute atomic E-state index is 13.6. The van der Waals surface area contributed by atoms with Gasteiger partial charge in [0, 0.05) is 44.5 Å². The number of rotatable bonds is 9. The minimum Gasteiger partial charge on any atom is -0.385 e. The van der Waals surface area contributed by atoms with E-state index in [9.17, 15) is 18.8 Å². The molecule has 0 fully saturated rings. The number of aromatic nitrogens is 2. The number of amides is 2. The normalized spacial score (nSPS) is 10.9. The zero-order valence-corrected chi connectivity index (χ0v) is 19.2. The fraction of sp³-hybridized carbons (Fsp3) is 0.304. The van der Waals surface area contributed by atoms with Crippen molar-refractivity contribution in [2.24, 2.45) is 0 Å². The highest BCUT2D eigenvalue weighted by Crippen LogP contribution is 2.11. The average Bonchev–Trinajstić information content (AvgIpc) is 2.80. The lowest BCUT2D eigenvalue weighted by Gasteiger charge is -2.10. The number of fused-ring (bicyclic) bond motifs is 1. The van der Waals surface area contributed by atoms with Gasteiger partial charge in [0.2, 0.25) is 0 Å². The number of nitrogens with one attached hydrogen (secondary N) is 3. The molecule has 1 heterocycles. The molecule has 0 unspecified atom stereocenters. The molecule has 3 rings (SSSR count). The lowest BCUT2D eigenvalue weighted by atomic mass is 10.1. The van der Waals surface area contributed by atoms with E-state index >= 15 is 0 Å². The standard InChI is InChI=1S/C23H25FN4O4S/c1-14-4-5-15(12-18(14)24)20(29)25-8-9-26-21(30)16-6-7-17-19(13-16)27-23(33)28(22(17)31)10-3-11-32-2/h4-7,12-13H,3,8-11H2,1-2H3,(H,25,29)(H,26,30)(H,27,33). The summed E-state index contributed by atoms with van der Waals surface area (Å²) in [5.41, 5.74) is 1.25. The van der Waals surface area contributed by atoms with Crippen molar-refractivity contribution in [1.82, 2.24) is 20.2 Å². The van der Waals surface area contributed by atoms with Crippen LogP contribution in [0.3, 0.4) is 0 Å². The van der Waals surface area contributed by atoms with Crippen LogP contribution in [0.4, 0.5) is 4.39 Å². The smallest absolute Gasteiger partial charge is 0.262 e. The second kappa shape index (κ2) is 11.0. The molecule has 0 aliphatic heterocycles. The maximum Gasteiger partial charge on any atom is 0.262 e. The summed E-state index contributed by atoms with van der Waals surface area (Å²) in [6.07, 6.45) is 0.648. The number of hydrogen-bond acceptors (Lipinski definition) is 5. The topological polar surface area (TPSA) is 105 Å². The predicted molar refractivity (Wildman–Crippen MR) is 126 cm³/mol. The highest BCUT2D eigenvalue weighted by atomic mass is 32.1. The van der Waals surface area contributed by atoms with Crippen molar-refractivity contribution in [1.29, 1.82) is 0 Å². The molecule has 2 amide bonds. The number of aromatic amines is 1. The Morgan fingerprint density at radius 3 is 2.36 bits per heavy atom. The molecule has 0 saturated carbocycles. The van der Waals surface area contributed by atoms with Gasteiger partial charge in [-0.05, 0) is 61.5 Å². The van der Waals surface area contributed by atoms with Crippen LogP contribution in [0.2, 0.25) is 0 Å². The summed E-state index contributed by atoms with van der Waals surface area (Å²) >= 11 is 5.29. The Hall–Kier alpha value is -3.37. The van der Waals surface area contributed by atoms with E-state index in [1.807, 2.05) is 0 Å². The summed E-state index contributed by atoms with van der Waals surface area (Å²) < 4.78 is 20.4. The van der Waals surface area contributed by atoms with Gasteiger partial charge in [-0.2, -0.15) is 0 Å². The molecule has 174 valence electrons. The van der Waals surface area contributed by atoms with Gasteiger partial charge >= 0.3 is 0 Å². The summed E-state index contributed by atoms with van der Waals surface area (Å²) in [6, 6.07) is 8.95. The number of hydrogen-bond donors (Lipinski definition) is 3. The first-order chi connectivity index (χ1) is 15.8. The third kappa shape index (κ3) is 5.91. The number of methoxy groups -OCH3 is 1. The Bertz CT molecular complexity index is 1300. The van der Waals surface area contributed by atoms with E-state index in [0.717, 1.165) is 0 Å². The summed E-state index contributed by atoms with van der Waals surface area (Å²) in [4.78, 5) is 40.3. The van der Waals surface area contributed by atoms with Crippen molar-refractivity contribution in [2.45, 2.75) is 19.9 Å². The number of ether oxygens (including phenoxy) is 1. The Morgan fingerprint density at radius 1 is 1.09 bits per heavy atom. The van der Waals surface area contributed by atoms with Gasteiger partial charge in [0.05, 0.1) is 10.9 Å². The summed E-state index contributed by atoms with van der Waals surface area (Å²) in [5.74, 6) is -1.24. The average molecular weight is 473 g/mol. The van der Waals surface area contributed by atoms with Crippen LogP contribution in [0.5, 0.6) is 0 Å². The molecule has 33 heavy (non-hydrogen) atoms. The number of carbonyl (C=O) groups is 2. The van der Waals surface area contributed by atoms with Crippen molar-refractivity contribution in [2.75, 3.05) is 26.8 Å². The molecular formula is C23H25FN4O4S. The SMILES string of the molecule is COCCCn1c(=S)[nH]c2cc(C(=O)NCCNC(=O)c3ccc(C)c(F)c3)ccc2c1=O. The summed E-state index contributed by atoms with van der Waals surface area (Å²) in [6.45, 7) is 2.91. The molecule has 2 aromatic carbocycles. The van der Waals surface area contributed by atoms with Crippen molar-refractivity contribution in [3.8, 4) is 0 Å². The Labute approximate surface area is 194 Å². The molecule has 1 aromatic heterocycles. The fourth-order valence-electron chi connectivity index (χ4n) is 3.26. The van der Waals surface area contributed by atoms with Gasteiger partial charge < -0.3 is 20.4 Å². The van der Waals surface area contributed by atoms with Crippen molar-refractivity contribution in [3.63, 3.8) is 0 Å². The van der Waals surface area contributed by atoms with Gasteiger partial charge in [0.15, 0.2) is 4.77 Å². The molecule has 0 aliphatic carbocycles. The van der Waals surface area contributed by atoms with Crippen LogP contribution >= 0.6 is 12.2 Å². The number of benzene rings is 2. The maximum atomic E-state index is 13.6. The monoisotopic (exact) mass is 472 g/mol. The first-order valence-corrected chi connectivity index (χ1v) is 10.8. The molecule has 3 aromatic rings. The minimum absolute atomic E-state index is 0.169. The Balaban J connectivity index is 1.61. The first kappa shape index (κ1) is 24.3. The molecule has 0 spiro atoms. The number of carbonyl (C=O) groups excluding carboxylic acids is 2. The van der Waals surface area contributed by atoms with E-state index in [2.05, 4.69) is 15.6 Å². The van der Waals surface area contributed by atoms with E-state index in [1.165, 1.54) is 22.8 Å². The number of nitrogens with zero attached hydrogens (tertiary/aromatic N) is 1. The molecule has 0 atom stereocenters. The number of halogens is 1. The fourth-order valence-corrected chi connectivity index (χ4v) is 3.54. The van der Waals surface area contributed by atoms with Gasteiger partial charge in [-0.1, -0.05) is 6.07 Å². The Morgan fingerprint density at radius 2 is 1.73 bits per heavy atom. The van der Waals surface area contributed by atoms with Crippen LogP contribution in [0.1, 0.15) is 32.7 Å². The third-order valence-electron chi connectivity index (χ3n) is 5.10. The first-order valence-electron chi connectivity index (χ1n) is 10.4. The quantitative estimate of drug-likeness (QED) is 0.328. The van der Waals surface area contributed by atoms with Crippen molar-refractivity contribution < 1.29 is 18.7 Å². The minimum atomic E-state index is -0.451. The second-order valence-electron chi connectivity index (χ2n) is 7.47. The summed E-state index contributed by atoms with van der Waals surface area (Å²) in [7, 11) is 1.59. The lowest BCUT2D eigenvalue weighted by molar-refractivity contribution is 0.0927. The van der Waals surface area contributed by atoms with Crippen LogP contribution in [-0.2, 0) is 11.3 Å². The predicted octanol–water partition coefficient (Wildman–Crippen LogP) is 2.70. The van der Waals surface area contributed by atoms with E-state index in [0.29, 0.717) is 41.6 Å². The largest absolute Gasteiger partial charge is 0.385 e. The van der Waals surface area contributed by atoms with Gasteiger partial charge in [-0.15, -0.1) is 0 Å². The van der Waals surface area contributed by atoms with Gasteiger partial charge in [-0.25, -0.2) is 4.39 Å². The highest BCUT2D eigenvalue weighted by molar-refractivity contribution is 7.71. The molecule has 10 heteroatoms. The van der Waals surface area contributed by atoms with E-state index in [-0.39, 0.29) is 34.9 Å². The molecule has 0 bridgehead atoms. The van der Waals surface area contributed by atoms with Gasteiger partial charge in [-0.3, -0.25) is 19.0 Å². The third-order valence-corrected chi connectivity index (χ3v) is 5.43. The second-order valence-corrected chi connectivity index (χ2v) is 7.86. The Kier molecular flexibility index (Phi) is 8.07. The summed E-state index contributed by atoms with van der Waals surface area (Å²) in [5, 5.41) is 5.76. The molecule has 3 N–H and O–H groups in total.